The first-order valence-electron chi connectivity index (χ1n) is 8.52. The van der Waals surface area contributed by atoms with Crippen molar-refractivity contribution >= 4 is 23.2 Å². The van der Waals surface area contributed by atoms with Crippen molar-refractivity contribution in [2.75, 3.05) is 10.6 Å². The van der Waals surface area contributed by atoms with Gasteiger partial charge >= 0.3 is 0 Å². The predicted octanol–water partition coefficient (Wildman–Crippen LogP) is 4.02. The Hall–Kier alpha value is -2.95. The zero-order valence-electron chi connectivity index (χ0n) is 13.9. The molecule has 1 aromatic heterocycles. The molecule has 25 heavy (non-hydrogen) atoms. The summed E-state index contributed by atoms with van der Waals surface area (Å²) in [5.41, 5.74) is 1.59. The summed E-state index contributed by atoms with van der Waals surface area (Å²) in [4.78, 5) is 28.4. The molecule has 1 aliphatic carbocycles. The number of allylic oxidation sites excluding steroid dienone is 1. The van der Waals surface area contributed by atoms with Crippen LogP contribution in [0.2, 0.25) is 0 Å². The first-order chi connectivity index (χ1) is 12.2. The molecule has 2 N–H and O–H groups in total. The third kappa shape index (κ3) is 4.76. The van der Waals surface area contributed by atoms with E-state index in [1.54, 1.807) is 36.5 Å². The van der Waals surface area contributed by atoms with Crippen LogP contribution >= 0.6 is 0 Å². The summed E-state index contributed by atoms with van der Waals surface area (Å²) in [6.45, 7) is 0. The summed E-state index contributed by atoms with van der Waals surface area (Å²) >= 11 is 0. The zero-order valence-corrected chi connectivity index (χ0v) is 13.9. The largest absolute Gasteiger partial charge is 0.321 e. The molecule has 2 aromatic rings. The third-order valence-corrected chi connectivity index (χ3v) is 4.28. The maximum atomic E-state index is 12.3. The molecule has 128 valence electrons. The maximum Gasteiger partial charge on any atom is 0.257 e. The first-order valence-corrected chi connectivity index (χ1v) is 8.52. The molecule has 3 rings (SSSR count). The fourth-order valence-electron chi connectivity index (χ4n) is 2.94. The van der Waals surface area contributed by atoms with Crippen molar-refractivity contribution in [1.82, 2.24) is 4.98 Å². The fourth-order valence-corrected chi connectivity index (χ4v) is 2.94. The number of rotatable bonds is 5. The topological polar surface area (TPSA) is 71.1 Å². The second-order valence-electron chi connectivity index (χ2n) is 6.13. The number of anilines is 2. The number of hydrogen-bond acceptors (Lipinski definition) is 3. The van der Waals surface area contributed by atoms with Gasteiger partial charge < -0.3 is 10.6 Å². The van der Waals surface area contributed by atoms with Crippen LogP contribution in [-0.2, 0) is 4.79 Å². The molecular weight excluding hydrogens is 314 g/mol. The highest BCUT2D eigenvalue weighted by atomic mass is 16.2. The van der Waals surface area contributed by atoms with Crippen LogP contribution in [0.15, 0.2) is 60.9 Å². The van der Waals surface area contributed by atoms with E-state index < -0.39 is 0 Å². The van der Waals surface area contributed by atoms with E-state index in [1.165, 1.54) is 19.0 Å². The van der Waals surface area contributed by atoms with Gasteiger partial charge in [-0.1, -0.05) is 31.1 Å². The van der Waals surface area contributed by atoms with Gasteiger partial charge in [0.25, 0.3) is 5.91 Å². The van der Waals surface area contributed by atoms with E-state index in [-0.39, 0.29) is 11.8 Å². The van der Waals surface area contributed by atoms with Gasteiger partial charge in [0.2, 0.25) is 5.91 Å². The number of amides is 2. The first kappa shape index (κ1) is 16.9. The molecule has 5 nitrogen and oxygen atoms in total. The molecule has 0 spiro atoms. The van der Waals surface area contributed by atoms with Crippen LogP contribution in [0.4, 0.5) is 11.4 Å². The molecule has 1 fully saturated rings. The van der Waals surface area contributed by atoms with Gasteiger partial charge in [-0.3, -0.25) is 14.6 Å². The summed E-state index contributed by atoms with van der Waals surface area (Å²) in [5, 5.41) is 5.65. The Kier molecular flexibility index (Phi) is 5.57. The van der Waals surface area contributed by atoms with Crippen LogP contribution in [0.25, 0.3) is 0 Å². The highest BCUT2D eigenvalue weighted by Gasteiger charge is 2.13. The van der Waals surface area contributed by atoms with Crippen molar-refractivity contribution in [3.63, 3.8) is 0 Å². The minimum absolute atomic E-state index is 0.185. The van der Waals surface area contributed by atoms with E-state index in [0.717, 1.165) is 12.8 Å². The summed E-state index contributed by atoms with van der Waals surface area (Å²) in [5.74, 6) is 0.0533. The minimum atomic E-state index is -0.267. The van der Waals surface area contributed by atoms with Gasteiger partial charge in [-0.05, 0) is 49.1 Å². The second-order valence-corrected chi connectivity index (χ2v) is 6.13. The Balaban J connectivity index is 1.66. The van der Waals surface area contributed by atoms with Gasteiger partial charge in [0, 0.05) is 12.4 Å². The van der Waals surface area contributed by atoms with Gasteiger partial charge in [0.1, 0.15) is 0 Å². The monoisotopic (exact) mass is 335 g/mol. The summed E-state index contributed by atoms with van der Waals surface area (Å²) in [6, 6.07) is 10.5. The lowest BCUT2D eigenvalue weighted by atomic mass is 10.1. The van der Waals surface area contributed by atoms with Crippen LogP contribution in [0, 0.1) is 5.92 Å². The van der Waals surface area contributed by atoms with E-state index in [4.69, 9.17) is 0 Å². The molecule has 0 saturated heterocycles. The lowest BCUT2D eigenvalue weighted by Gasteiger charge is -2.11. The van der Waals surface area contributed by atoms with E-state index >= 15 is 0 Å². The van der Waals surface area contributed by atoms with Gasteiger partial charge in [-0.2, -0.15) is 0 Å². The van der Waals surface area contributed by atoms with E-state index in [1.807, 2.05) is 18.2 Å². The van der Waals surface area contributed by atoms with Gasteiger partial charge in [-0.25, -0.2) is 0 Å². The number of carbonyl (C=O) groups excluding carboxylic acids is 2. The molecular formula is C20H21N3O2. The van der Waals surface area contributed by atoms with Crippen LogP contribution in [-0.4, -0.2) is 16.8 Å². The van der Waals surface area contributed by atoms with Crippen molar-refractivity contribution in [3.05, 3.63) is 66.5 Å². The van der Waals surface area contributed by atoms with Crippen molar-refractivity contribution in [1.29, 1.82) is 0 Å². The molecule has 0 bridgehead atoms. The number of nitrogens with zero attached hydrogens (tertiary/aromatic N) is 1. The highest BCUT2D eigenvalue weighted by molar-refractivity contribution is 6.08. The molecule has 0 radical (unpaired) electrons. The number of aromatic nitrogens is 1. The van der Waals surface area contributed by atoms with Crippen LogP contribution in [0.3, 0.4) is 0 Å². The van der Waals surface area contributed by atoms with Gasteiger partial charge in [0.05, 0.1) is 16.9 Å². The molecule has 1 heterocycles. The van der Waals surface area contributed by atoms with Gasteiger partial charge in [0.15, 0.2) is 0 Å². The van der Waals surface area contributed by atoms with E-state index in [0.29, 0.717) is 22.9 Å². The maximum absolute atomic E-state index is 12.3. The molecule has 1 saturated carbocycles. The van der Waals surface area contributed by atoms with Crippen molar-refractivity contribution in [2.45, 2.75) is 25.7 Å². The Labute approximate surface area is 147 Å². The zero-order chi connectivity index (χ0) is 17.5. The average molecular weight is 335 g/mol. The molecule has 0 aliphatic heterocycles. The number of hydrogen-bond donors (Lipinski definition) is 2. The smallest absolute Gasteiger partial charge is 0.257 e. The highest BCUT2D eigenvalue weighted by Crippen LogP contribution is 2.26. The molecule has 1 aromatic carbocycles. The molecule has 5 heteroatoms. The molecule has 0 unspecified atom stereocenters. The summed E-state index contributed by atoms with van der Waals surface area (Å²) in [6.07, 6.45) is 11.5. The van der Waals surface area contributed by atoms with Crippen LogP contribution in [0.5, 0.6) is 0 Å². The normalized spacial score (nSPS) is 14.6. The number of benzene rings is 1. The van der Waals surface area contributed by atoms with Crippen molar-refractivity contribution in [2.24, 2.45) is 5.92 Å². The summed E-state index contributed by atoms with van der Waals surface area (Å²) < 4.78 is 0. The molecule has 0 atom stereocenters. The number of carbonyl (C=O) groups is 2. The molecule has 1 aliphatic rings. The summed E-state index contributed by atoms with van der Waals surface area (Å²) in [7, 11) is 0. The van der Waals surface area contributed by atoms with E-state index in [9.17, 15) is 9.59 Å². The average Bonchev–Trinajstić information content (AvgIpc) is 3.16. The lowest BCUT2D eigenvalue weighted by Crippen LogP contribution is -2.15. The standard InChI is InChI=1S/C20H21N3O2/c24-19(12-11-15-6-1-2-7-15)22-17-9-3-4-10-18(17)23-20(25)16-8-5-13-21-14-16/h3-5,8-15H,1-2,6-7H2,(H,22,24)(H,23,25)/b12-11+. The number of para-hydroxylation sites is 2. The van der Waals surface area contributed by atoms with Crippen LogP contribution < -0.4 is 10.6 Å². The van der Waals surface area contributed by atoms with Crippen molar-refractivity contribution < 1.29 is 9.59 Å². The molecule has 2 amide bonds. The van der Waals surface area contributed by atoms with E-state index in [2.05, 4.69) is 15.6 Å². The second kappa shape index (κ2) is 8.24. The van der Waals surface area contributed by atoms with Crippen molar-refractivity contribution in [3.8, 4) is 0 Å². The predicted molar refractivity (Wildman–Crippen MR) is 98.4 cm³/mol. The number of nitrogens with one attached hydrogen (secondary N) is 2. The lowest BCUT2D eigenvalue weighted by molar-refractivity contribution is -0.111. The minimum Gasteiger partial charge on any atom is -0.321 e. The Morgan fingerprint density at radius 2 is 1.72 bits per heavy atom. The Bertz CT molecular complexity index is 766. The SMILES string of the molecule is O=C(/C=C/C1CCCC1)Nc1ccccc1NC(=O)c1cccnc1. The quantitative estimate of drug-likeness (QED) is 0.811. The van der Waals surface area contributed by atoms with Crippen LogP contribution in [0.1, 0.15) is 36.0 Å². The third-order valence-electron chi connectivity index (χ3n) is 4.28. The fraction of sp³-hybridized carbons (Fsp3) is 0.250. The number of pyridine rings is 1. The Morgan fingerprint density at radius 3 is 2.40 bits per heavy atom. The van der Waals surface area contributed by atoms with Gasteiger partial charge in [-0.15, -0.1) is 0 Å². The Morgan fingerprint density at radius 1 is 1.00 bits per heavy atom.